The Kier molecular flexibility index (Phi) is 3.92. The minimum atomic E-state index is -0.321. The summed E-state index contributed by atoms with van der Waals surface area (Å²) in [4.78, 5) is 10.7. The van der Waals surface area contributed by atoms with Crippen molar-refractivity contribution in [3.63, 3.8) is 0 Å². The highest BCUT2D eigenvalue weighted by Gasteiger charge is 2.09. The molecule has 1 aromatic rings. The third kappa shape index (κ3) is 2.25. The molecular formula is C10H12ClNO2. The number of methoxy groups -OCH3 is 1. The second-order valence-corrected chi connectivity index (χ2v) is 3.20. The first-order valence-corrected chi connectivity index (χ1v) is 4.56. The maximum absolute atomic E-state index is 10.7. The lowest BCUT2D eigenvalue weighted by molar-refractivity contribution is -0.109. The van der Waals surface area contributed by atoms with Crippen LogP contribution >= 0.6 is 11.6 Å². The minimum absolute atomic E-state index is 0.321. The quantitative estimate of drug-likeness (QED) is 0.776. The summed E-state index contributed by atoms with van der Waals surface area (Å²) >= 11 is 5.92. The number of ether oxygens (including phenoxy) is 1. The van der Waals surface area contributed by atoms with Gasteiger partial charge in [-0.1, -0.05) is 17.7 Å². The van der Waals surface area contributed by atoms with E-state index in [9.17, 15) is 4.79 Å². The lowest BCUT2D eigenvalue weighted by Crippen LogP contribution is -2.17. The van der Waals surface area contributed by atoms with E-state index in [0.29, 0.717) is 10.8 Å². The highest BCUT2D eigenvalue weighted by Crippen LogP contribution is 2.26. The van der Waals surface area contributed by atoms with Crippen LogP contribution in [0.15, 0.2) is 18.2 Å². The Bertz CT molecular complexity index is 328. The molecule has 1 N–H and O–H groups in total. The van der Waals surface area contributed by atoms with Crippen molar-refractivity contribution in [1.82, 2.24) is 5.32 Å². The van der Waals surface area contributed by atoms with Crippen molar-refractivity contribution in [1.29, 1.82) is 0 Å². The van der Waals surface area contributed by atoms with E-state index in [1.807, 2.05) is 0 Å². The molecule has 0 fully saturated rings. The summed E-state index contributed by atoms with van der Waals surface area (Å²) in [6, 6.07) is 4.94. The van der Waals surface area contributed by atoms with Crippen molar-refractivity contribution in [3.05, 3.63) is 28.8 Å². The highest BCUT2D eigenvalue weighted by atomic mass is 35.5. The number of likely N-dealkylation sites (N-methyl/N-ethyl adjacent to an activating group) is 1. The molecule has 1 aromatic carbocycles. The number of halogens is 1. The summed E-state index contributed by atoms with van der Waals surface area (Å²) in [5, 5.41) is 3.37. The number of nitrogens with one attached hydrogen (secondary N) is 1. The summed E-state index contributed by atoms with van der Waals surface area (Å²) in [5.41, 5.74) is 0.827. The van der Waals surface area contributed by atoms with Crippen molar-refractivity contribution in [2.45, 2.75) is 6.04 Å². The molecule has 76 valence electrons. The van der Waals surface area contributed by atoms with Crippen molar-refractivity contribution in [3.8, 4) is 5.75 Å². The van der Waals surface area contributed by atoms with Gasteiger partial charge in [0.2, 0.25) is 0 Å². The zero-order valence-corrected chi connectivity index (χ0v) is 8.84. The monoisotopic (exact) mass is 213 g/mol. The number of aldehydes is 1. The van der Waals surface area contributed by atoms with Crippen LogP contribution in [0, 0.1) is 0 Å². The molecule has 0 heterocycles. The van der Waals surface area contributed by atoms with E-state index in [-0.39, 0.29) is 6.04 Å². The average Bonchev–Trinajstić information content (AvgIpc) is 2.20. The molecule has 0 amide bonds. The Morgan fingerprint density at radius 1 is 1.57 bits per heavy atom. The fourth-order valence-corrected chi connectivity index (χ4v) is 1.46. The molecule has 0 radical (unpaired) electrons. The van der Waals surface area contributed by atoms with Crippen LogP contribution in [0.2, 0.25) is 5.02 Å². The van der Waals surface area contributed by atoms with Crippen LogP contribution in [-0.4, -0.2) is 20.4 Å². The standard InChI is InChI=1S/C10H12ClNO2/c1-12-9(6-13)7-3-4-10(14-2)8(11)5-7/h3-6,9,12H,1-2H3. The molecule has 4 heteroatoms. The van der Waals surface area contributed by atoms with E-state index < -0.39 is 0 Å². The maximum Gasteiger partial charge on any atom is 0.141 e. The Morgan fingerprint density at radius 2 is 2.29 bits per heavy atom. The molecule has 3 nitrogen and oxygen atoms in total. The largest absolute Gasteiger partial charge is 0.495 e. The Labute approximate surface area is 88.0 Å². The van der Waals surface area contributed by atoms with Gasteiger partial charge < -0.3 is 14.8 Å². The smallest absolute Gasteiger partial charge is 0.141 e. The SMILES string of the molecule is CNC(C=O)c1ccc(OC)c(Cl)c1. The van der Waals surface area contributed by atoms with Gasteiger partial charge in [0.25, 0.3) is 0 Å². The van der Waals surface area contributed by atoms with Crippen molar-refractivity contribution in [2.75, 3.05) is 14.2 Å². The normalized spacial score (nSPS) is 12.2. The number of hydrogen-bond donors (Lipinski definition) is 1. The van der Waals surface area contributed by atoms with Gasteiger partial charge in [0.1, 0.15) is 12.0 Å². The van der Waals surface area contributed by atoms with E-state index in [2.05, 4.69) is 5.32 Å². The lowest BCUT2D eigenvalue weighted by atomic mass is 10.1. The topological polar surface area (TPSA) is 38.3 Å². The highest BCUT2D eigenvalue weighted by molar-refractivity contribution is 6.32. The van der Waals surface area contributed by atoms with Gasteiger partial charge in [0.05, 0.1) is 18.2 Å². The number of hydrogen-bond acceptors (Lipinski definition) is 3. The number of rotatable bonds is 4. The van der Waals surface area contributed by atoms with Crippen LogP contribution in [0.1, 0.15) is 11.6 Å². The Hall–Kier alpha value is -1.06. The number of carbonyl (C=O) groups is 1. The molecule has 0 aliphatic carbocycles. The lowest BCUT2D eigenvalue weighted by Gasteiger charge is -2.11. The van der Waals surface area contributed by atoms with E-state index >= 15 is 0 Å². The summed E-state index contributed by atoms with van der Waals surface area (Å²) in [6.45, 7) is 0. The Balaban J connectivity index is 3.01. The molecule has 0 aliphatic rings. The van der Waals surface area contributed by atoms with Crippen LogP contribution in [0.25, 0.3) is 0 Å². The zero-order valence-electron chi connectivity index (χ0n) is 8.08. The molecule has 0 aliphatic heterocycles. The molecular weight excluding hydrogens is 202 g/mol. The fraction of sp³-hybridized carbons (Fsp3) is 0.300. The Morgan fingerprint density at radius 3 is 2.71 bits per heavy atom. The van der Waals surface area contributed by atoms with Crippen LogP contribution in [0.5, 0.6) is 5.75 Å². The molecule has 1 atom stereocenters. The maximum atomic E-state index is 10.7. The summed E-state index contributed by atoms with van der Waals surface area (Å²) in [6.07, 6.45) is 0.831. The molecule has 0 saturated carbocycles. The third-order valence-corrected chi connectivity index (χ3v) is 2.28. The zero-order chi connectivity index (χ0) is 10.6. The summed E-state index contributed by atoms with van der Waals surface area (Å²) in [5.74, 6) is 0.608. The van der Waals surface area contributed by atoms with Gasteiger partial charge in [-0.05, 0) is 24.7 Å². The van der Waals surface area contributed by atoms with Gasteiger partial charge >= 0.3 is 0 Å². The average molecular weight is 214 g/mol. The van der Waals surface area contributed by atoms with Gasteiger partial charge in [0, 0.05) is 0 Å². The predicted octanol–water partition coefficient (Wildman–Crippen LogP) is 1.81. The van der Waals surface area contributed by atoms with Crippen LogP contribution in [0.4, 0.5) is 0 Å². The summed E-state index contributed by atoms with van der Waals surface area (Å²) in [7, 11) is 3.27. The van der Waals surface area contributed by atoms with E-state index in [1.165, 1.54) is 0 Å². The van der Waals surface area contributed by atoms with Gasteiger partial charge in [-0.2, -0.15) is 0 Å². The first-order valence-electron chi connectivity index (χ1n) is 4.19. The van der Waals surface area contributed by atoms with E-state index in [4.69, 9.17) is 16.3 Å². The molecule has 0 aromatic heterocycles. The molecule has 1 unspecified atom stereocenters. The molecule has 0 spiro atoms. The molecule has 1 rings (SSSR count). The summed E-state index contributed by atoms with van der Waals surface area (Å²) < 4.78 is 5.01. The minimum Gasteiger partial charge on any atom is -0.495 e. The van der Waals surface area contributed by atoms with Crippen molar-refractivity contribution in [2.24, 2.45) is 0 Å². The van der Waals surface area contributed by atoms with E-state index in [1.54, 1.807) is 32.4 Å². The van der Waals surface area contributed by atoms with Gasteiger partial charge in [-0.3, -0.25) is 0 Å². The molecule has 0 saturated heterocycles. The van der Waals surface area contributed by atoms with E-state index in [0.717, 1.165) is 11.8 Å². The number of carbonyl (C=O) groups excluding carboxylic acids is 1. The van der Waals surface area contributed by atoms with Crippen molar-refractivity contribution < 1.29 is 9.53 Å². The van der Waals surface area contributed by atoms with Crippen molar-refractivity contribution >= 4 is 17.9 Å². The second-order valence-electron chi connectivity index (χ2n) is 2.80. The predicted molar refractivity (Wildman–Crippen MR) is 55.9 cm³/mol. The number of benzene rings is 1. The van der Waals surface area contributed by atoms with Crippen LogP contribution < -0.4 is 10.1 Å². The van der Waals surface area contributed by atoms with Gasteiger partial charge in [0.15, 0.2) is 0 Å². The second kappa shape index (κ2) is 4.98. The molecule has 0 bridgehead atoms. The van der Waals surface area contributed by atoms with Gasteiger partial charge in [-0.25, -0.2) is 0 Å². The molecule has 14 heavy (non-hydrogen) atoms. The van der Waals surface area contributed by atoms with Gasteiger partial charge in [-0.15, -0.1) is 0 Å². The fourth-order valence-electron chi connectivity index (χ4n) is 1.19. The first-order chi connectivity index (χ1) is 6.72. The third-order valence-electron chi connectivity index (χ3n) is 1.98. The first kappa shape index (κ1) is 11.0. The van der Waals surface area contributed by atoms with Crippen LogP contribution in [-0.2, 0) is 4.79 Å². The van der Waals surface area contributed by atoms with Crippen LogP contribution in [0.3, 0.4) is 0 Å².